The molecule has 2 aliphatic heterocycles. The average molecular weight is 988 g/mol. The quantitative estimate of drug-likeness (QED) is 0.0293. The van der Waals surface area contributed by atoms with E-state index in [-0.39, 0.29) is 26.9 Å². The summed E-state index contributed by atoms with van der Waals surface area (Å²) in [6.07, 6.45) is 7.27. The molecule has 4 aromatic carbocycles. The fraction of sp³-hybridized carbons (Fsp3) is 0. The van der Waals surface area contributed by atoms with E-state index in [4.69, 9.17) is 30.5 Å². The summed E-state index contributed by atoms with van der Waals surface area (Å²) in [4.78, 5) is 21.2. The summed E-state index contributed by atoms with van der Waals surface area (Å²) < 4.78 is 77.0. The molecule has 0 atom stereocenters. The van der Waals surface area contributed by atoms with Crippen LogP contribution in [-0.4, -0.2) is 46.4 Å². The fourth-order valence-electron chi connectivity index (χ4n) is 7.32. The van der Waals surface area contributed by atoms with Crippen molar-refractivity contribution in [3.05, 3.63) is 144 Å². The third-order valence-electron chi connectivity index (χ3n) is 10.1. The molecule has 21 heteroatoms. The van der Waals surface area contributed by atoms with Crippen LogP contribution in [0.25, 0.3) is 90.9 Å². The van der Waals surface area contributed by atoms with Gasteiger partial charge in [-0.25, -0.2) is 20.5 Å². The van der Waals surface area contributed by atoms with E-state index in [0.717, 1.165) is 35.2 Å². The summed E-state index contributed by atoms with van der Waals surface area (Å²) in [7, 11) is -9.02. The van der Waals surface area contributed by atoms with Crippen LogP contribution in [-0.2, 0) is 56.0 Å². The Morgan fingerprint density at radius 3 is 0.923 bits per heavy atom. The molecule has 0 amide bonds. The second-order valence-electron chi connectivity index (χ2n) is 13.9. The van der Waals surface area contributed by atoms with Gasteiger partial charge in [0.25, 0.3) is 20.2 Å². The first kappa shape index (κ1) is 45.8. The van der Waals surface area contributed by atoms with Crippen LogP contribution in [0.15, 0.2) is 141 Å². The number of nitrogens with zero attached hydrogens (tertiary/aromatic N) is 4. The molecule has 0 unspecified atom stereocenters. The second-order valence-corrected chi connectivity index (χ2v) is 18.3. The number of fused-ring (bicyclic) bond motifs is 8. The van der Waals surface area contributed by atoms with Crippen LogP contribution in [0.5, 0.6) is 0 Å². The Bertz CT molecular complexity index is 3180. The van der Waals surface area contributed by atoms with Gasteiger partial charge in [-0.05, 0) is 117 Å². The number of hydrogen-bond acceptors (Lipinski definition) is 14. The van der Waals surface area contributed by atoms with E-state index in [1.807, 2.05) is 48.6 Å². The largest absolute Gasteiger partial charge is 2.00 e. The second kappa shape index (κ2) is 19.0. The molecule has 1 radical (unpaired) electrons. The maximum atomic E-state index is 12.0. The molecule has 65 heavy (non-hydrogen) atoms. The molecule has 0 spiro atoms. The van der Waals surface area contributed by atoms with Crippen molar-refractivity contribution in [1.82, 2.24) is 19.9 Å². The topological polar surface area (TPSA) is 240 Å². The Morgan fingerprint density at radius 2 is 0.677 bits per heavy atom. The Kier molecular flexibility index (Phi) is 13.4. The summed E-state index contributed by atoms with van der Waals surface area (Å²) in [5.74, 6) is 0. The molecule has 9 rings (SSSR count). The van der Waals surface area contributed by atoms with Crippen molar-refractivity contribution in [2.24, 2.45) is 0 Å². The van der Waals surface area contributed by atoms with Crippen LogP contribution in [0.3, 0.4) is 0 Å². The van der Waals surface area contributed by atoms with E-state index in [9.17, 15) is 25.9 Å². The van der Waals surface area contributed by atoms with Gasteiger partial charge < -0.3 is 9.97 Å². The Labute approximate surface area is 388 Å². The van der Waals surface area contributed by atoms with Crippen molar-refractivity contribution in [3.63, 3.8) is 0 Å². The Morgan fingerprint density at radius 1 is 0.415 bits per heavy atom. The van der Waals surface area contributed by atoms with E-state index < -0.39 is 20.2 Å². The van der Waals surface area contributed by atoms with E-state index in [0.29, 0.717) is 88.0 Å². The average Bonchev–Trinajstić information content (AvgIpc) is 4.14. The first-order valence-electron chi connectivity index (χ1n) is 18.6. The van der Waals surface area contributed by atoms with Crippen molar-refractivity contribution in [1.29, 1.82) is 0 Å². The molecule has 8 bridgehead atoms. The number of benzene rings is 4. The molecular formula is C44H28MnN4O12S4. The van der Waals surface area contributed by atoms with Crippen LogP contribution in [0, 0.1) is 0 Å². The summed E-state index contributed by atoms with van der Waals surface area (Å²) >= 11 is 1.61. The minimum atomic E-state index is -4.51. The van der Waals surface area contributed by atoms with Gasteiger partial charge in [0.15, 0.2) is 0 Å². The third-order valence-corrected chi connectivity index (χ3v) is 13.0. The van der Waals surface area contributed by atoms with Gasteiger partial charge in [0.05, 0.1) is 56.7 Å². The minimum Gasteiger partial charge on any atom is -0.657 e. The molecular weight excluding hydrogens is 960 g/mol. The molecule has 0 aliphatic carbocycles. The molecule has 3 aromatic heterocycles. The van der Waals surface area contributed by atoms with E-state index in [2.05, 4.69) is 18.7 Å². The van der Waals surface area contributed by atoms with Crippen LogP contribution in [0.1, 0.15) is 22.8 Å². The van der Waals surface area contributed by atoms with E-state index >= 15 is 0 Å². The van der Waals surface area contributed by atoms with Gasteiger partial charge in [-0.2, -0.15) is 16.8 Å². The van der Waals surface area contributed by atoms with Crippen LogP contribution < -0.4 is 9.97 Å². The monoisotopic (exact) mass is 987 g/mol. The zero-order chi connectivity index (χ0) is 44.6. The fourth-order valence-corrected chi connectivity index (χ4v) is 8.99. The van der Waals surface area contributed by atoms with E-state index in [1.54, 1.807) is 72.8 Å². The standard InChI is InChI=1S/C44H28N4O12S4.Mn/c49-57-59-61-29-9-1-25(2-10-29)41-33-17-18-34(45-33)42(26-3-11-30(12-4-26)62-60-58-50)36-20-22-38(47-36)44(28-7-15-32(16-8-28)64(54,55)56)40-24-23-39(48-40)43(37-21-19-35(41)46-37)27-5-13-31(14-6-27)63(51,52)53;/h1-24,49-50H,(H,51,52,53)(H,54,55,56);/q-2;+2. The van der Waals surface area contributed by atoms with Gasteiger partial charge in [-0.1, -0.05) is 82.9 Å². The SMILES string of the molecule is O=S(=O)(O)c1ccc(-c2c3nc(c(-c4ccc(SOOO)cc4)c4ccc([n-]4)c(-c4ccc(SOOO)cc4)c4nc(c(-c5ccc(S(=O)(=O)O)cc5)c5ccc2[n-]5)C=C4)C=C3)cc1.[Mn+2]. The zero-order valence-electron chi connectivity index (χ0n) is 32.7. The molecule has 327 valence electrons. The third kappa shape index (κ3) is 9.65. The van der Waals surface area contributed by atoms with Gasteiger partial charge in [-0.15, -0.1) is 30.7 Å². The molecule has 0 saturated carbocycles. The smallest absolute Gasteiger partial charge is 0.657 e. The van der Waals surface area contributed by atoms with Crippen LogP contribution in [0.4, 0.5) is 0 Å². The maximum absolute atomic E-state index is 12.0. The van der Waals surface area contributed by atoms with Crippen molar-refractivity contribution in [3.8, 4) is 44.5 Å². The molecule has 0 fully saturated rings. The Hall–Kier alpha value is -5.72. The van der Waals surface area contributed by atoms with Gasteiger partial charge >= 0.3 is 17.1 Å². The molecule has 0 saturated heterocycles. The molecule has 5 heterocycles. The van der Waals surface area contributed by atoms with Crippen molar-refractivity contribution in [2.45, 2.75) is 19.6 Å². The van der Waals surface area contributed by atoms with Crippen LogP contribution in [0.2, 0.25) is 0 Å². The summed E-state index contributed by atoms with van der Waals surface area (Å²) in [5.41, 5.74) is 8.75. The van der Waals surface area contributed by atoms with Crippen molar-refractivity contribution in [2.75, 3.05) is 0 Å². The number of hydrogen-bond donors (Lipinski definition) is 4. The molecule has 7 aromatic rings. The number of rotatable bonds is 12. The zero-order valence-corrected chi connectivity index (χ0v) is 37.2. The predicted molar refractivity (Wildman–Crippen MR) is 239 cm³/mol. The Balaban J connectivity index is 0.00000576. The normalized spacial score (nSPS) is 12.4. The summed E-state index contributed by atoms with van der Waals surface area (Å²) in [5, 5.41) is 25.0. The molecule has 4 N–H and O–H groups in total. The minimum absolute atomic E-state index is 0. The first-order chi connectivity index (χ1) is 30.9. The first-order valence-corrected chi connectivity index (χ1v) is 23.0. The molecule has 2 aliphatic rings. The van der Waals surface area contributed by atoms with Crippen LogP contribution >= 0.6 is 24.1 Å². The van der Waals surface area contributed by atoms with Gasteiger partial charge in [0, 0.05) is 9.79 Å². The number of aromatic nitrogens is 4. The van der Waals surface area contributed by atoms with Gasteiger partial charge in [0.1, 0.15) is 0 Å². The van der Waals surface area contributed by atoms with Crippen molar-refractivity contribution >= 4 is 90.7 Å². The maximum Gasteiger partial charge on any atom is 2.00 e. The summed E-state index contributed by atoms with van der Waals surface area (Å²) in [6.45, 7) is 0. The van der Waals surface area contributed by atoms with E-state index in [1.165, 1.54) is 24.3 Å². The summed E-state index contributed by atoms with van der Waals surface area (Å²) in [6, 6.07) is 33.0. The predicted octanol–water partition coefficient (Wildman–Crippen LogP) is 9.93. The molecule has 16 nitrogen and oxygen atoms in total. The van der Waals surface area contributed by atoms with Gasteiger partial charge in [-0.3, -0.25) is 9.11 Å². The van der Waals surface area contributed by atoms with Gasteiger partial charge in [0.2, 0.25) is 0 Å². The van der Waals surface area contributed by atoms with Crippen molar-refractivity contribution < 1.29 is 72.3 Å².